The number of aromatic nitrogens is 1. The lowest BCUT2D eigenvalue weighted by Crippen LogP contribution is -2.23. The predicted molar refractivity (Wildman–Crippen MR) is 90.5 cm³/mol. The number of pyridine rings is 1. The molecule has 1 aliphatic heterocycles. The first-order valence-corrected chi connectivity index (χ1v) is 8.51. The number of hydrogen-bond acceptors (Lipinski definition) is 4. The van der Waals surface area contributed by atoms with Gasteiger partial charge in [0, 0.05) is 12.1 Å². The second kappa shape index (κ2) is 5.62. The molecule has 4 rings (SSSR count). The van der Waals surface area contributed by atoms with Crippen molar-refractivity contribution in [3.05, 3.63) is 52.8 Å². The first-order chi connectivity index (χ1) is 11.6. The van der Waals surface area contributed by atoms with Crippen molar-refractivity contribution in [1.82, 2.24) is 4.98 Å². The lowest BCUT2D eigenvalue weighted by Gasteiger charge is -2.16. The Morgan fingerprint density at radius 2 is 1.96 bits per heavy atom. The van der Waals surface area contributed by atoms with Crippen molar-refractivity contribution in [1.29, 1.82) is 0 Å². The van der Waals surface area contributed by atoms with E-state index in [0.29, 0.717) is 6.42 Å². The fourth-order valence-electron chi connectivity index (χ4n) is 3.48. The highest BCUT2D eigenvalue weighted by Gasteiger charge is 2.51. The quantitative estimate of drug-likeness (QED) is 0.844. The van der Waals surface area contributed by atoms with Crippen molar-refractivity contribution < 1.29 is 14.3 Å². The van der Waals surface area contributed by atoms with Crippen LogP contribution in [0.5, 0.6) is 11.5 Å². The summed E-state index contributed by atoms with van der Waals surface area (Å²) in [5.74, 6) is 1.76. The number of carbonyl (C=O) groups excluding carboxylic acids is 1. The summed E-state index contributed by atoms with van der Waals surface area (Å²) in [5.41, 5.74) is 3.73. The fraction of sp³-hybridized carbons (Fsp3) is 0.400. The van der Waals surface area contributed by atoms with Crippen LogP contribution in [0.15, 0.2) is 30.3 Å². The highest BCUT2D eigenvalue weighted by Crippen LogP contribution is 2.51. The summed E-state index contributed by atoms with van der Waals surface area (Å²) < 4.78 is 10.8. The molecule has 2 aliphatic rings. The third-order valence-electron chi connectivity index (χ3n) is 5.13. The van der Waals surface area contributed by atoms with E-state index < -0.39 is 0 Å². The molecule has 0 saturated heterocycles. The van der Waals surface area contributed by atoms with E-state index in [1.54, 1.807) is 0 Å². The van der Waals surface area contributed by atoms with Crippen LogP contribution in [0.1, 0.15) is 42.3 Å². The van der Waals surface area contributed by atoms with Crippen molar-refractivity contribution in [3.8, 4) is 11.5 Å². The molecule has 4 heteroatoms. The van der Waals surface area contributed by atoms with Gasteiger partial charge in [-0.1, -0.05) is 19.1 Å². The van der Waals surface area contributed by atoms with Gasteiger partial charge in [-0.05, 0) is 55.5 Å². The minimum atomic E-state index is -0.364. The number of carbonyl (C=O) groups is 1. The average molecular weight is 323 g/mol. The molecule has 1 saturated carbocycles. The van der Waals surface area contributed by atoms with E-state index in [9.17, 15) is 4.79 Å². The van der Waals surface area contributed by atoms with Crippen LogP contribution in [0.3, 0.4) is 0 Å². The maximum absolute atomic E-state index is 13.1. The van der Waals surface area contributed by atoms with Gasteiger partial charge in [0.15, 0.2) is 11.5 Å². The van der Waals surface area contributed by atoms with Crippen molar-refractivity contribution >= 4 is 5.78 Å². The Balaban J connectivity index is 1.61. The molecule has 0 spiro atoms. The van der Waals surface area contributed by atoms with E-state index in [4.69, 9.17) is 9.47 Å². The van der Waals surface area contributed by atoms with Crippen molar-refractivity contribution in [2.24, 2.45) is 0 Å². The van der Waals surface area contributed by atoms with Gasteiger partial charge in [0.25, 0.3) is 0 Å². The van der Waals surface area contributed by atoms with E-state index >= 15 is 0 Å². The SMILES string of the molecule is CCc1ccc(C)nc1CC(=O)C1(c2ccc3c(c2)OCO3)CC1. The molecule has 1 aromatic carbocycles. The number of Topliss-reactive ketones (excluding diaryl/α,β-unsaturated/α-hetero) is 1. The molecule has 124 valence electrons. The largest absolute Gasteiger partial charge is 0.454 e. The van der Waals surface area contributed by atoms with Crippen LogP contribution in [0, 0.1) is 6.92 Å². The maximum Gasteiger partial charge on any atom is 0.231 e. The third kappa shape index (κ3) is 2.46. The van der Waals surface area contributed by atoms with Crippen LogP contribution in [0.25, 0.3) is 0 Å². The number of fused-ring (bicyclic) bond motifs is 1. The number of ketones is 1. The van der Waals surface area contributed by atoms with Gasteiger partial charge in [0.2, 0.25) is 6.79 Å². The van der Waals surface area contributed by atoms with E-state index in [0.717, 1.165) is 53.3 Å². The monoisotopic (exact) mass is 323 g/mol. The summed E-state index contributed by atoms with van der Waals surface area (Å²) in [7, 11) is 0. The molecule has 1 aliphatic carbocycles. The van der Waals surface area contributed by atoms with Crippen molar-refractivity contribution in [2.75, 3.05) is 6.79 Å². The zero-order chi connectivity index (χ0) is 16.7. The van der Waals surface area contributed by atoms with Crippen molar-refractivity contribution in [2.45, 2.75) is 44.9 Å². The lowest BCUT2D eigenvalue weighted by molar-refractivity contribution is -0.120. The fourth-order valence-corrected chi connectivity index (χ4v) is 3.48. The maximum atomic E-state index is 13.1. The van der Waals surface area contributed by atoms with Crippen LogP contribution in [-0.2, 0) is 23.1 Å². The number of benzene rings is 1. The average Bonchev–Trinajstić information content (AvgIpc) is 3.26. The van der Waals surface area contributed by atoms with E-state index in [1.165, 1.54) is 0 Å². The van der Waals surface area contributed by atoms with Gasteiger partial charge in [0.1, 0.15) is 5.78 Å². The highest BCUT2D eigenvalue weighted by molar-refractivity contribution is 5.94. The van der Waals surface area contributed by atoms with E-state index in [2.05, 4.69) is 18.0 Å². The summed E-state index contributed by atoms with van der Waals surface area (Å²) in [4.78, 5) is 17.7. The van der Waals surface area contributed by atoms with Crippen LogP contribution >= 0.6 is 0 Å². The molecular formula is C20H21NO3. The number of aryl methyl sites for hydroxylation is 2. The van der Waals surface area contributed by atoms with Crippen LogP contribution in [-0.4, -0.2) is 17.6 Å². The zero-order valence-electron chi connectivity index (χ0n) is 14.1. The minimum Gasteiger partial charge on any atom is -0.454 e. The van der Waals surface area contributed by atoms with Crippen LogP contribution in [0.2, 0.25) is 0 Å². The summed E-state index contributed by atoms with van der Waals surface area (Å²) in [6.07, 6.45) is 3.10. The smallest absolute Gasteiger partial charge is 0.231 e. The molecule has 1 aromatic heterocycles. The molecule has 0 radical (unpaired) electrons. The number of rotatable bonds is 5. The van der Waals surface area contributed by atoms with Crippen molar-refractivity contribution in [3.63, 3.8) is 0 Å². The number of ether oxygens (including phenoxy) is 2. The first-order valence-electron chi connectivity index (χ1n) is 8.51. The Morgan fingerprint density at radius 1 is 1.17 bits per heavy atom. The minimum absolute atomic E-state index is 0.257. The Bertz CT molecular complexity index is 809. The molecule has 0 atom stereocenters. The predicted octanol–water partition coefficient (Wildman–Crippen LogP) is 3.52. The first kappa shape index (κ1) is 15.2. The zero-order valence-corrected chi connectivity index (χ0v) is 14.1. The number of hydrogen-bond donors (Lipinski definition) is 0. The summed E-state index contributed by atoms with van der Waals surface area (Å²) in [6.45, 7) is 4.33. The van der Waals surface area contributed by atoms with Gasteiger partial charge in [0.05, 0.1) is 11.1 Å². The molecule has 2 aromatic rings. The van der Waals surface area contributed by atoms with Gasteiger partial charge in [-0.2, -0.15) is 0 Å². The van der Waals surface area contributed by atoms with Crippen LogP contribution in [0.4, 0.5) is 0 Å². The lowest BCUT2D eigenvalue weighted by atomic mass is 9.88. The van der Waals surface area contributed by atoms with Gasteiger partial charge < -0.3 is 9.47 Å². The van der Waals surface area contributed by atoms with Crippen LogP contribution < -0.4 is 9.47 Å². The molecule has 0 N–H and O–H groups in total. The topological polar surface area (TPSA) is 48.4 Å². The Hall–Kier alpha value is -2.36. The molecule has 1 fully saturated rings. The van der Waals surface area contributed by atoms with Gasteiger partial charge >= 0.3 is 0 Å². The molecule has 0 bridgehead atoms. The molecule has 4 nitrogen and oxygen atoms in total. The highest BCUT2D eigenvalue weighted by atomic mass is 16.7. The second-order valence-corrected chi connectivity index (χ2v) is 6.66. The van der Waals surface area contributed by atoms with Gasteiger partial charge in [-0.3, -0.25) is 9.78 Å². The van der Waals surface area contributed by atoms with E-state index in [1.807, 2.05) is 31.2 Å². The number of nitrogens with zero attached hydrogens (tertiary/aromatic N) is 1. The van der Waals surface area contributed by atoms with E-state index in [-0.39, 0.29) is 18.0 Å². The molecule has 24 heavy (non-hydrogen) atoms. The summed E-state index contributed by atoms with van der Waals surface area (Å²) in [6, 6.07) is 9.98. The molecule has 0 unspecified atom stereocenters. The van der Waals surface area contributed by atoms with Gasteiger partial charge in [-0.15, -0.1) is 0 Å². The molecule has 2 heterocycles. The molecular weight excluding hydrogens is 302 g/mol. The van der Waals surface area contributed by atoms with Gasteiger partial charge in [-0.25, -0.2) is 0 Å². The standard InChI is InChI=1S/C20H21NO3/c1-3-14-5-4-13(2)21-16(14)11-19(22)20(8-9-20)15-6-7-17-18(10-15)24-12-23-17/h4-7,10H,3,8-9,11-12H2,1-2H3. The second-order valence-electron chi connectivity index (χ2n) is 6.66. The summed E-state index contributed by atoms with van der Waals surface area (Å²) >= 11 is 0. The Kier molecular flexibility index (Phi) is 3.56. The normalized spacial score (nSPS) is 16.9. The summed E-state index contributed by atoms with van der Waals surface area (Å²) in [5, 5.41) is 0. The Morgan fingerprint density at radius 3 is 2.71 bits per heavy atom. The Labute approximate surface area is 141 Å². The molecule has 0 amide bonds. The third-order valence-corrected chi connectivity index (χ3v) is 5.13.